The number of unbranched alkanes of at least 4 members (excludes halogenated alkanes) is 2. The molecule has 86 valence electrons. The van der Waals surface area contributed by atoms with E-state index in [1.807, 2.05) is 0 Å². The Hall–Kier alpha value is -0.0400. The SMILES string of the molecule is CCCCCC(CC)NCC(C)CC. The summed E-state index contributed by atoms with van der Waals surface area (Å²) in [6.07, 6.45) is 8.05. The molecule has 0 radical (unpaired) electrons. The summed E-state index contributed by atoms with van der Waals surface area (Å²) in [4.78, 5) is 0. The molecule has 0 aliphatic carbocycles. The smallest absolute Gasteiger partial charge is 0.00645 e. The molecule has 0 spiro atoms. The predicted octanol–water partition coefficient (Wildman–Crippen LogP) is 3.98. The molecule has 1 N–H and O–H groups in total. The van der Waals surface area contributed by atoms with Gasteiger partial charge in [0.2, 0.25) is 0 Å². The summed E-state index contributed by atoms with van der Waals surface area (Å²) in [5, 5.41) is 3.68. The van der Waals surface area contributed by atoms with Crippen molar-refractivity contribution in [3.8, 4) is 0 Å². The van der Waals surface area contributed by atoms with Gasteiger partial charge in [0.15, 0.2) is 0 Å². The molecule has 0 aromatic heterocycles. The molecule has 0 amide bonds. The van der Waals surface area contributed by atoms with Gasteiger partial charge in [0.05, 0.1) is 0 Å². The minimum absolute atomic E-state index is 0.760. The molecule has 0 aromatic carbocycles. The van der Waals surface area contributed by atoms with Gasteiger partial charge in [-0.15, -0.1) is 0 Å². The van der Waals surface area contributed by atoms with E-state index in [2.05, 4.69) is 33.0 Å². The largest absolute Gasteiger partial charge is 0.314 e. The molecule has 0 saturated heterocycles. The topological polar surface area (TPSA) is 12.0 Å². The lowest BCUT2D eigenvalue weighted by atomic mass is 10.0. The van der Waals surface area contributed by atoms with Crippen LogP contribution in [0.4, 0.5) is 0 Å². The molecule has 2 atom stereocenters. The van der Waals surface area contributed by atoms with E-state index in [1.165, 1.54) is 45.1 Å². The van der Waals surface area contributed by atoms with Gasteiger partial charge in [-0.25, -0.2) is 0 Å². The highest BCUT2D eigenvalue weighted by Crippen LogP contribution is 2.07. The third-order valence-corrected chi connectivity index (χ3v) is 3.10. The summed E-state index contributed by atoms with van der Waals surface area (Å²) >= 11 is 0. The molecule has 14 heavy (non-hydrogen) atoms. The molecular weight excluding hydrogens is 170 g/mol. The average Bonchev–Trinajstić information content (AvgIpc) is 2.22. The van der Waals surface area contributed by atoms with Crippen LogP contribution in [-0.4, -0.2) is 12.6 Å². The van der Waals surface area contributed by atoms with Crippen LogP contribution in [0.5, 0.6) is 0 Å². The van der Waals surface area contributed by atoms with Gasteiger partial charge in [-0.2, -0.15) is 0 Å². The fraction of sp³-hybridized carbons (Fsp3) is 1.00. The first-order valence-electron chi connectivity index (χ1n) is 6.47. The Balaban J connectivity index is 3.47. The van der Waals surface area contributed by atoms with Crippen LogP contribution < -0.4 is 5.32 Å². The molecule has 0 heterocycles. The van der Waals surface area contributed by atoms with Crippen LogP contribution in [0.15, 0.2) is 0 Å². The van der Waals surface area contributed by atoms with Gasteiger partial charge in [0.25, 0.3) is 0 Å². The van der Waals surface area contributed by atoms with Crippen molar-refractivity contribution in [3.63, 3.8) is 0 Å². The van der Waals surface area contributed by atoms with Crippen molar-refractivity contribution in [1.29, 1.82) is 0 Å². The van der Waals surface area contributed by atoms with Crippen LogP contribution >= 0.6 is 0 Å². The molecule has 0 aliphatic heterocycles. The Bertz CT molecular complexity index is 112. The molecule has 0 aromatic rings. The molecule has 2 unspecified atom stereocenters. The number of hydrogen-bond acceptors (Lipinski definition) is 1. The van der Waals surface area contributed by atoms with Gasteiger partial charge in [0.1, 0.15) is 0 Å². The van der Waals surface area contributed by atoms with E-state index >= 15 is 0 Å². The van der Waals surface area contributed by atoms with Crippen LogP contribution in [0.3, 0.4) is 0 Å². The summed E-state index contributed by atoms with van der Waals surface area (Å²) in [6.45, 7) is 10.4. The molecule has 0 saturated carbocycles. The van der Waals surface area contributed by atoms with E-state index in [0.29, 0.717) is 0 Å². The zero-order valence-corrected chi connectivity index (χ0v) is 10.6. The van der Waals surface area contributed by atoms with E-state index in [4.69, 9.17) is 0 Å². The van der Waals surface area contributed by atoms with E-state index < -0.39 is 0 Å². The Morgan fingerprint density at radius 1 is 1.00 bits per heavy atom. The third-order valence-electron chi connectivity index (χ3n) is 3.10. The maximum absolute atomic E-state index is 3.68. The fourth-order valence-corrected chi connectivity index (χ4v) is 1.60. The summed E-state index contributed by atoms with van der Waals surface area (Å²) in [6, 6.07) is 0.760. The third kappa shape index (κ3) is 7.37. The highest BCUT2D eigenvalue weighted by Gasteiger charge is 2.06. The molecule has 1 heteroatoms. The molecule has 1 nitrogen and oxygen atoms in total. The zero-order chi connectivity index (χ0) is 10.8. The monoisotopic (exact) mass is 199 g/mol. The minimum atomic E-state index is 0.760. The van der Waals surface area contributed by atoms with Crippen LogP contribution in [0.25, 0.3) is 0 Å². The van der Waals surface area contributed by atoms with Crippen molar-refractivity contribution in [3.05, 3.63) is 0 Å². The zero-order valence-electron chi connectivity index (χ0n) is 10.6. The Morgan fingerprint density at radius 3 is 2.21 bits per heavy atom. The average molecular weight is 199 g/mol. The molecular formula is C13H29N. The fourth-order valence-electron chi connectivity index (χ4n) is 1.60. The first-order valence-corrected chi connectivity index (χ1v) is 6.47. The van der Waals surface area contributed by atoms with Crippen LogP contribution in [-0.2, 0) is 0 Å². The molecule has 0 aliphatic rings. The van der Waals surface area contributed by atoms with Crippen molar-refractivity contribution in [2.24, 2.45) is 5.92 Å². The normalized spacial score (nSPS) is 15.4. The van der Waals surface area contributed by atoms with E-state index in [1.54, 1.807) is 0 Å². The highest BCUT2D eigenvalue weighted by molar-refractivity contribution is 4.66. The Kier molecular flexibility index (Phi) is 9.49. The Labute approximate surface area is 90.7 Å². The summed E-state index contributed by atoms with van der Waals surface area (Å²) in [5.41, 5.74) is 0. The van der Waals surface area contributed by atoms with Gasteiger partial charge in [-0.1, -0.05) is 53.4 Å². The summed E-state index contributed by atoms with van der Waals surface area (Å²) in [7, 11) is 0. The lowest BCUT2D eigenvalue weighted by molar-refractivity contribution is 0.402. The molecule has 0 bridgehead atoms. The number of rotatable bonds is 9. The van der Waals surface area contributed by atoms with Crippen molar-refractivity contribution in [2.75, 3.05) is 6.54 Å². The maximum Gasteiger partial charge on any atom is 0.00645 e. The lowest BCUT2D eigenvalue weighted by Crippen LogP contribution is -2.32. The first-order chi connectivity index (χ1) is 6.74. The van der Waals surface area contributed by atoms with Crippen LogP contribution in [0.2, 0.25) is 0 Å². The quantitative estimate of drug-likeness (QED) is 0.554. The second kappa shape index (κ2) is 9.51. The van der Waals surface area contributed by atoms with Crippen molar-refractivity contribution < 1.29 is 0 Å². The Morgan fingerprint density at radius 2 is 1.71 bits per heavy atom. The van der Waals surface area contributed by atoms with Crippen molar-refractivity contribution in [1.82, 2.24) is 5.32 Å². The van der Waals surface area contributed by atoms with Crippen LogP contribution in [0.1, 0.15) is 66.2 Å². The van der Waals surface area contributed by atoms with Gasteiger partial charge in [0, 0.05) is 6.04 Å². The number of nitrogens with one attached hydrogen (secondary N) is 1. The highest BCUT2D eigenvalue weighted by atomic mass is 14.9. The summed E-state index contributed by atoms with van der Waals surface area (Å²) < 4.78 is 0. The standard InChI is InChI=1S/C13H29N/c1-5-8-9-10-13(7-3)14-11-12(4)6-2/h12-14H,5-11H2,1-4H3. The second-order valence-electron chi connectivity index (χ2n) is 4.52. The van der Waals surface area contributed by atoms with E-state index in [-0.39, 0.29) is 0 Å². The van der Waals surface area contributed by atoms with Gasteiger partial charge < -0.3 is 5.32 Å². The van der Waals surface area contributed by atoms with Gasteiger partial charge in [-0.05, 0) is 25.3 Å². The van der Waals surface area contributed by atoms with Crippen LogP contribution in [0, 0.1) is 5.92 Å². The van der Waals surface area contributed by atoms with E-state index in [9.17, 15) is 0 Å². The maximum atomic E-state index is 3.68. The van der Waals surface area contributed by atoms with E-state index in [0.717, 1.165) is 12.0 Å². The molecule has 0 rings (SSSR count). The van der Waals surface area contributed by atoms with Gasteiger partial charge >= 0.3 is 0 Å². The predicted molar refractivity (Wildman–Crippen MR) is 65.7 cm³/mol. The van der Waals surface area contributed by atoms with Crippen molar-refractivity contribution in [2.45, 2.75) is 72.3 Å². The first kappa shape index (κ1) is 14.0. The summed E-state index contributed by atoms with van der Waals surface area (Å²) in [5.74, 6) is 0.829. The van der Waals surface area contributed by atoms with Gasteiger partial charge in [-0.3, -0.25) is 0 Å². The second-order valence-corrected chi connectivity index (χ2v) is 4.52. The lowest BCUT2D eigenvalue weighted by Gasteiger charge is -2.19. The minimum Gasteiger partial charge on any atom is -0.314 e. The van der Waals surface area contributed by atoms with Crippen molar-refractivity contribution >= 4 is 0 Å². The molecule has 0 fully saturated rings. The number of hydrogen-bond donors (Lipinski definition) is 1.